The number of nitrogens with zero attached hydrogens (tertiary/aromatic N) is 10. The number of amides is 1. The maximum Gasteiger partial charge on any atom is 0.586 e. The van der Waals surface area contributed by atoms with Crippen molar-refractivity contribution >= 4 is 34.9 Å². The van der Waals surface area contributed by atoms with Crippen molar-refractivity contribution in [1.29, 1.82) is 10.5 Å². The maximum absolute atomic E-state index is 13.3. The minimum atomic E-state index is -3.71. The van der Waals surface area contributed by atoms with Crippen molar-refractivity contribution in [3.63, 3.8) is 0 Å². The van der Waals surface area contributed by atoms with E-state index in [1.165, 1.54) is 52.1 Å². The summed E-state index contributed by atoms with van der Waals surface area (Å²) < 4.78 is 73.2. The smallest absolute Gasteiger partial charge is 0.476 e. The molecule has 25 heteroatoms. The van der Waals surface area contributed by atoms with Gasteiger partial charge in [0.2, 0.25) is 0 Å². The quantitative estimate of drug-likeness (QED) is 0.0691. The van der Waals surface area contributed by atoms with Crippen molar-refractivity contribution in [3.8, 4) is 46.5 Å². The Morgan fingerprint density at radius 2 is 1.11 bits per heavy atom. The predicted octanol–water partition coefficient (Wildman–Crippen LogP) is 7.71. The summed E-state index contributed by atoms with van der Waals surface area (Å²) >= 11 is 0. The Kier molecular flexibility index (Phi) is 15.1. The number of carbonyl (C=O) groups is 2. The average molecular weight is 1020 g/mol. The largest absolute Gasteiger partial charge is 0.586 e. The Labute approximate surface area is 422 Å². The zero-order valence-corrected chi connectivity index (χ0v) is 39.2. The molecule has 75 heavy (non-hydrogen) atoms. The van der Waals surface area contributed by atoms with Crippen LogP contribution < -0.4 is 40.6 Å². The first kappa shape index (κ1) is 51.2. The molecular formula is C50H40F4N14O7. The van der Waals surface area contributed by atoms with E-state index in [-0.39, 0.29) is 40.4 Å². The van der Waals surface area contributed by atoms with Gasteiger partial charge in [0.05, 0.1) is 41.9 Å². The molecule has 2 aliphatic heterocycles. The number of nitrogens with one attached hydrogen (secondary N) is 3. The summed E-state index contributed by atoms with van der Waals surface area (Å²) in [6.07, 6.45) is -0.539. The Balaban J connectivity index is 0.000000171. The van der Waals surface area contributed by atoms with Crippen molar-refractivity contribution in [2.45, 2.75) is 51.4 Å². The van der Waals surface area contributed by atoms with Gasteiger partial charge in [-0.1, -0.05) is 71.1 Å². The molecule has 0 saturated heterocycles. The lowest BCUT2D eigenvalue weighted by Crippen LogP contribution is -2.35. The van der Waals surface area contributed by atoms with Crippen LogP contribution in [0.2, 0.25) is 0 Å². The minimum Gasteiger partial charge on any atom is -0.476 e. The number of nitriles is 2. The van der Waals surface area contributed by atoms with Crippen LogP contribution in [0.1, 0.15) is 43.2 Å². The number of aromatic nitrogens is 8. The summed E-state index contributed by atoms with van der Waals surface area (Å²) in [4.78, 5) is 32.2. The first-order valence-electron chi connectivity index (χ1n) is 22.2. The van der Waals surface area contributed by atoms with Crippen LogP contribution in [-0.2, 0) is 12.8 Å². The molecule has 0 fully saturated rings. The highest BCUT2D eigenvalue weighted by Gasteiger charge is 2.44. The Morgan fingerprint density at radius 3 is 1.56 bits per heavy atom. The maximum atomic E-state index is 13.3. The number of aryl methyl sites for hydroxylation is 2. The zero-order chi connectivity index (χ0) is 53.3. The minimum absolute atomic E-state index is 0.0377. The molecule has 0 radical (unpaired) electrons. The van der Waals surface area contributed by atoms with Crippen LogP contribution in [0.25, 0.3) is 11.4 Å². The topological polar surface area (TPSA) is 288 Å². The van der Waals surface area contributed by atoms with Crippen LogP contribution in [0.3, 0.4) is 0 Å². The number of halogens is 4. The molecule has 0 bridgehead atoms. The van der Waals surface area contributed by atoms with Gasteiger partial charge >= 0.3 is 18.6 Å². The van der Waals surface area contributed by atoms with E-state index in [1.54, 1.807) is 37.5 Å². The van der Waals surface area contributed by atoms with Crippen molar-refractivity contribution in [2.24, 2.45) is 5.73 Å². The highest BCUT2D eigenvalue weighted by atomic mass is 19.3. The third-order valence-corrected chi connectivity index (χ3v) is 10.6. The van der Waals surface area contributed by atoms with Gasteiger partial charge in [-0.2, -0.15) is 10.5 Å². The Morgan fingerprint density at radius 1 is 0.653 bits per heavy atom. The molecule has 10 rings (SSSR count). The number of fused-ring (bicyclic) bond motifs is 2. The SMILES string of the molecule is Cc1cnc(Nc2ccc3c(c2)OC(F)(F)O3)cc1-n1cc(C(=O)NC(C#N)Cc2ccccc2)nn1.Cc1cnc(Nc2ccc3c(c2)OC(F)(F)O3)cc1-n1cc(C(=O)O)nn1.N#CC(N)Cc1ccccc1. The van der Waals surface area contributed by atoms with Crippen LogP contribution in [-0.4, -0.2) is 81.6 Å². The summed E-state index contributed by atoms with van der Waals surface area (Å²) in [6, 6.07) is 33.9. The molecule has 6 N–H and O–H groups in total. The molecule has 0 saturated carbocycles. The van der Waals surface area contributed by atoms with Crippen LogP contribution in [0.15, 0.2) is 134 Å². The van der Waals surface area contributed by atoms with Crippen LogP contribution in [0.5, 0.6) is 23.0 Å². The molecule has 0 aliphatic carbocycles. The van der Waals surface area contributed by atoms with E-state index >= 15 is 0 Å². The summed E-state index contributed by atoms with van der Waals surface area (Å²) in [5.41, 5.74) is 10.8. The zero-order valence-electron chi connectivity index (χ0n) is 39.2. The normalized spacial score (nSPS) is 13.8. The molecule has 380 valence electrons. The first-order chi connectivity index (χ1) is 35.9. The number of anilines is 4. The molecule has 2 aliphatic rings. The number of ether oxygens (including phenoxy) is 4. The molecule has 2 unspecified atom stereocenters. The molecule has 2 atom stereocenters. The summed E-state index contributed by atoms with van der Waals surface area (Å²) in [6.45, 7) is 3.58. The molecule has 8 aromatic rings. The fourth-order valence-electron chi connectivity index (χ4n) is 7.10. The van der Waals surface area contributed by atoms with Crippen molar-refractivity contribution in [1.82, 2.24) is 45.3 Å². The number of hydrogen-bond acceptors (Lipinski definition) is 17. The highest BCUT2D eigenvalue weighted by molar-refractivity contribution is 5.92. The predicted molar refractivity (Wildman–Crippen MR) is 257 cm³/mol. The van der Waals surface area contributed by atoms with Gasteiger partial charge in [-0.15, -0.1) is 27.8 Å². The lowest BCUT2D eigenvalue weighted by Gasteiger charge is -2.11. The second kappa shape index (κ2) is 22.1. The lowest BCUT2D eigenvalue weighted by atomic mass is 10.1. The van der Waals surface area contributed by atoms with Crippen LogP contribution in [0, 0.1) is 36.5 Å². The number of hydrogen-bond donors (Lipinski definition) is 5. The number of rotatable bonds is 13. The van der Waals surface area contributed by atoms with Crippen LogP contribution in [0.4, 0.5) is 40.6 Å². The number of carbonyl (C=O) groups excluding carboxylic acids is 1. The number of carboxylic acid groups (broad SMARTS) is 1. The van der Waals surface area contributed by atoms with Crippen molar-refractivity contribution in [3.05, 3.63) is 168 Å². The monoisotopic (exact) mass is 1020 g/mol. The second-order valence-corrected chi connectivity index (χ2v) is 16.3. The number of carboxylic acids is 1. The molecule has 1 amide bonds. The number of nitrogens with two attached hydrogens (primary N) is 1. The van der Waals surface area contributed by atoms with Gasteiger partial charge in [-0.25, -0.2) is 24.1 Å². The third kappa shape index (κ3) is 13.2. The van der Waals surface area contributed by atoms with E-state index in [4.69, 9.17) is 16.1 Å². The Bertz CT molecular complexity index is 3440. The Hall–Kier alpha value is -10.1. The van der Waals surface area contributed by atoms with Crippen molar-refractivity contribution in [2.75, 3.05) is 10.6 Å². The van der Waals surface area contributed by atoms with E-state index < -0.39 is 30.5 Å². The number of benzene rings is 4. The number of aromatic carboxylic acids is 1. The van der Waals surface area contributed by atoms with Gasteiger partial charge < -0.3 is 45.7 Å². The van der Waals surface area contributed by atoms with E-state index in [2.05, 4.69) is 71.6 Å². The molecule has 4 aromatic carbocycles. The third-order valence-electron chi connectivity index (χ3n) is 10.6. The van der Waals surface area contributed by atoms with Gasteiger partial charge in [0.25, 0.3) is 5.91 Å². The standard InChI is InChI=1S/C25H19F2N7O3.C16H11F2N5O4.C9H10N2/c1-15-13-29-23(30-17-7-8-21-22(10-17)37-25(26,27)36-21)11-20(15)34-14-19(32-33-34)24(35)31-18(12-28)9-16-5-3-2-4-6-16;1-8-6-19-14(5-11(8)23-7-10(15(24)25)21-22-23)20-9-2-3-12-13(4-9)27-16(17,18)26-12;10-7-9(11)6-8-4-2-1-3-5-8/h2-8,10-11,13-14,18H,9H2,1H3,(H,29,30)(H,31,35);2-7H,1H3,(H,19,20)(H,24,25);1-5,9H,6,11H2. The molecular weight excluding hydrogens is 985 g/mol. The average Bonchev–Trinajstić information content (AvgIpc) is 4.20. The van der Waals surface area contributed by atoms with Crippen molar-refractivity contribution < 1.29 is 51.2 Å². The summed E-state index contributed by atoms with van der Waals surface area (Å²) in [5, 5.41) is 50.8. The number of pyridine rings is 2. The van der Waals surface area contributed by atoms with E-state index in [1.807, 2.05) is 73.7 Å². The number of alkyl halides is 4. The van der Waals surface area contributed by atoms with Gasteiger partial charge in [-0.05, 0) is 60.4 Å². The summed E-state index contributed by atoms with van der Waals surface area (Å²) in [7, 11) is 0. The summed E-state index contributed by atoms with van der Waals surface area (Å²) in [5.74, 6) is -1.28. The van der Waals surface area contributed by atoms with E-state index in [0.29, 0.717) is 47.2 Å². The lowest BCUT2D eigenvalue weighted by molar-refractivity contribution is -0.287. The van der Waals surface area contributed by atoms with Gasteiger partial charge in [0.15, 0.2) is 34.4 Å². The van der Waals surface area contributed by atoms with Gasteiger partial charge in [0, 0.05) is 60.9 Å². The molecule has 21 nitrogen and oxygen atoms in total. The van der Waals surface area contributed by atoms with Crippen LogP contribution >= 0.6 is 0 Å². The van der Waals surface area contributed by atoms with Gasteiger partial charge in [-0.3, -0.25) is 4.79 Å². The van der Waals surface area contributed by atoms with Gasteiger partial charge in [0.1, 0.15) is 17.7 Å². The van der Waals surface area contributed by atoms with E-state index in [9.17, 15) is 32.4 Å². The highest BCUT2D eigenvalue weighted by Crippen LogP contribution is 2.44. The molecule has 6 heterocycles. The molecule has 4 aromatic heterocycles. The fraction of sp³-hybridized carbons (Fsp3) is 0.160. The molecule has 0 spiro atoms. The second-order valence-electron chi connectivity index (χ2n) is 16.3. The van der Waals surface area contributed by atoms with E-state index in [0.717, 1.165) is 22.3 Å². The fourth-order valence-corrected chi connectivity index (χ4v) is 7.10. The first-order valence-corrected chi connectivity index (χ1v) is 22.2.